The van der Waals surface area contributed by atoms with Crippen molar-refractivity contribution in [2.24, 2.45) is 0 Å². The van der Waals surface area contributed by atoms with Crippen LogP contribution in [0.2, 0.25) is 5.15 Å². The summed E-state index contributed by atoms with van der Waals surface area (Å²) in [7, 11) is -8.96. The maximum atomic E-state index is 13.0. The highest BCUT2D eigenvalue weighted by molar-refractivity contribution is 7.93. The fourth-order valence-electron chi connectivity index (χ4n) is 2.88. The fourth-order valence-corrected chi connectivity index (χ4v) is 4.87. The molecule has 1 aromatic carbocycles. The van der Waals surface area contributed by atoms with Crippen LogP contribution < -0.4 is 0 Å². The average molecular weight is 520 g/mol. The Labute approximate surface area is 190 Å². The van der Waals surface area contributed by atoms with Gasteiger partial charge in [0, 0.05) is 6.20 Å². The molecule has 33 heavy (non-hydrogen) atoms. The quantitative estimate of drug-likeness (QED) is 0.412. The maximum Gasteiger partial charge on any atom is 0.483 e. The van der Waals surface area contributed by atoms with Gasteiger partial charge < -0.3 is 4.42 Å². The van der Waals surface area contributed by atoms with E-state index in [4.69, 9.17) is 20.8 Å². The van der Waals surface area contributed by atoms with E-state index in [2.05, 4.69) is 15.1 Å². The summed E-state index contributed by atoms with van der Waals surface area (Å²) in [5, 5.41) is 4.17. The minimum absolute atomic E-state index is 0.00398. The van der Waals surface area contributed by atoms with Crippen molar-refractivity contribution in [2.45, 2.75) is 22.2 Å². The van der Waals surface area contributed by atoms with Gasteiger partial charge in [-0.3, -0.25) is 0 Å². The first-order valence-electron chi connectivity index (χ1n) is 9.04. The number of alkyl halides is 3. The predicted octanol–water partition coefficient (Wildman–Crippen LogP) is 4.45. The van der Waals surface area contributed by atoms with E-state index in [0.29, 0.717) is 0 Å². The third-order valence-corrected chi connectivity index (χ3v) is 8.11. The van der Waals surface area contributed by atoms with Crippen LogP contribution in [0.1, 0.15) is 6.92 Å². The van der Waals surface area contributed by atoms with E-state index in [1.54, 1.807) is 0 Å². The molecule has 0 spiro atoms. The number of nitrogens with one attached hydrogen (secondary N) is 1. The summed E-state index contributed by atoms with van der Waals surface area (Å²) in [6, 6.07) is 5.54. The Kier molecular flexibility index (Phi) is 5.49. The Balaban J connectivity index is 1.88. The molecule has 4 aromatic rings. The van der Waals surface area contributed by atoms with Gasteiger partial charge in [-0.1, -0.05) is 18.5 Å². The molecular formula is C18H13ClF3N5O4S2. The zero-order valence-corrected chi connectivity index (χ0v) is 18.9. The maximum absolute atomic E-state index is 13.0. The molecule has 0 fully saturated rings. The summed E-state index contributed by atoms with van der Waals surface area (Å²) in [6.45, 7) is 1.43. The molecule has 4 rings (SSSR count). The van der Waals surface area contributed by atoms with Crippen molar-refractivity contribution in [3.05, 3.63) is 47.9 Å². The molecule has 0 aliphatic heterocycles. The SMILES string of the molecule is CCS(=O)(=O)c1cc(-n2ccc(Cl)n2)cnc1-c1nc2cc(S(=N)(=O)C(F)(F)F)ccc2o1. The van der Waals surface area contributed by atoms with Crippen molar-refractivity contribution in [3.63, 3.8) is 0 Å². The molecule has 0 aliphatic rings. The first-order chi connectivity index (χ1) is 15.3. The largest absolute Gasteiger partial charge is 0.483 e. The minimum atomic E-state index is -5.28. The van der Waals surface area contributed by atoms with Crippen LogP contribution in [0.3, 0.4) is 0 Å². The molecule has 0 saturated heterocycles. The summed E-state index contributed by atoms with van der Waals surface area (Å²) in [5.41, 5.74) is -5.30. The lowest BCUT2D eigenvalue weighted by atomic mass is 10.3. The van der Waals surface area contributed by atoms with Gasteiger partial charge in [0.05, 0.1) is 22.5 Å². The molecule has 0 amide bonds. The van der Waals surface area contributed by atoms with Crippen LogP contribution in [0.5, 0.6) is 0 Å². The molecule has 1 unspecified atom stereocenters. The number of hydrogen-bond donors (Lipinski definition) is 1. The van der Waals surface area contributed by atoms with E-state index < -0.39 is 30.0 Å². The molecule has 1 atom stereocenters. The van der Waals surface area contributed by atoms with Crippen LogP contribution in [-0.4, -0.2) is 43.6 Å². The molecule has 1 N–H and O–H groups in total. The van der Waals surface area contributed by atoms with E-state index in [1.807, 2.05) is 0 Å². The third kappa shape index (κ3) is 4.09. The summed E-state index contributed by atoms with van der Waals surface area (Å²) in [4.78, 5) is 7.14. The Morgan fingerprint density at radius 1 is 1.18 bits per heavy atom. The number of rotatable bonds is 5. The molecule has 0 radical (unpaired) electrons. The molecule has 3 heterocycles. The Morgan fingerprint density at radius 2 is 1.91 bits per heavy atom. The van der Waals surface area contributed by atoms with E-state index in [9.17, 15) is 25.8 Å². The summed E-state index contributed by atoms with van der Waals surface area (Å²) in [6.07, 6.45) is 2.80. The second kappa shape index (κ2) is 7.81. The van der Waals surface area contributed by atoms with Crippen LogP contribution in [0.15, 0.2) is 56.9 Å². The molecule has 15 heteroatoms. The highest BCUT2D eigenvalue weighted by atomic mass is 35.5. The van der Waals surface area contributed by atoms with Crippen LogP contribution in [0.4, 0.5) is 13.2 Å². The average Bonchev–Trinajstić information content (AvgIpc) is 3.38. The number of benzene rings is 1. The summed E-state index contributed by atoms with van der Waals surface area (Å²) in [5.74, 6) is -0.551. The zero-order valence-electron chi connectivity index (χ0n) is 16.5. The minimum Gasteiger partial charge on any atom is -0.435 e. The molecule has 174 valence electrons. The van der Waals surface area contributed by atoms with Crippen LogP contribution in [-0.2, 0) is 19.6 Å². The fraction of sp³-hybridized carbons (Fsp3) is 0.167. The van der Waals surface area contributed by atoms with Gasteiger partial charge in [-0.05, 0) is 30.3 Å². The monoisotopic (exact) mass is 519 g/mol. The third-order valence-electron chi connectivity index (χ3n) is 4.59. The molecule has 0 saturated carbocycles. The number of halogens is 4. The van der Waals surface area contributed by atoms with E-state index in [0.717, 1.165) is 18.2 Å². The van der Waals surface area contributed by atoms with Crippen molar-refractivity contribution in [3.8, 4) is 17.3 Å². The first kappa shape index (κ1) is 23.2. The predicted molar refractivity (Wildman–Crippen MR) is 112 cm³/mol. The van der Waals surface area contributed by atoms with Gasteiger partial charge in [0.15, 0.2) is 30.3 Å². The standard InChI is InChI=1S/C18H13ClF3N5O4S2/c1-2-32(28,29)14-7-10(27-6-5-15(19)26-27)9-24-16(14)17-25-12-8-11(3-4-13(12)31-17)33(23,30)18(20,21)22/h3-9,23H,2H2,1H3. The number of fused-ring (bicyclic) bond motifs is 1. The van der Waals surface area contributed by atoms with Crippen LogP contribution in [0, 0.1) is 4.78 Å². The van der Waals surface area contributed by atoms with Gasteiger partial charge in [0.2, 0.25) is 5.89 Å². The molecule has 3 aromatic heterocycles. The van der Waals surface area contributed by atoms with E-state index in [-0.39, 0.29) is 44.2 Å². The second-order valence-electron chi connectivity index (χ2n) is 6.68. The van der Waals surface area contributed by atoms with Gasteiger partial charge in [-0.2, -0.15) is 18.3 Å². The van der Waals surface area contributed by atoms with Gasteiger partial charge in [-0.25, -0.2) is 32.1 Å². The summed E-state index contributed by atoms with van der Waals surface area (Å²) >= 11 is 5.81. The molecule has 0 bridgehead atoms. The van der Waals surface area contributed by atoms with E-state index >= 15 is 0 Å². The smallest absolute Gasteiger partial charge is 0.435 e. The number of hydrogen-bond acceptors (Lipinski definition) is 8. The van der Waals surface area contributed by atoms with Crippen molar-refractivity contribution in [2.75, 3.05) is 5.75 Å². The number of aromatic nitrogens is 4. The van der Waals surface area contributed by atoms with Gasteiger partial charge in [-0.15, -0.1) is 0 Å². The number of pyridine rings is 1. The van der Waals surface area contributed by atoms with Crippen molar-refractivity contribution in [1.82, 2.24) is 19.7 Å². The highest BCUT2D eigenvalue weighted by Crippen LogP contribution is 2.34. The Bertz CT molecular complexity index is 1590. The number of sulfone groups is 1. The Hall–Kier alpha value is -2.97. The lowest BCUT2D eigenvalue weighted by Crippen LogP contribution is -2.21. The lowest BCUT2D eigenvalue weighted by Gasteiger charge is -2.10. The van der Waals surface area contributed by atoms with E-state index in [1.165, 1.54) is 36.1 Å². The van der Waals surface area contributed by atoms with Crippen molar-refractivity contribution < 1.29 is 30.2 Å². The highest BCUT2D eigenvalue weighted by Gasteiger charge is 2.43. The van der Waals surface area contributed by atoms with Crippen LogP contribution in [0.25, 0.3) is 28.4 Å². The molecular weight excluding hydrogens is 507 g/mol. The topological polar surface area (TPSA) is 132 Å². The molecule has 0 aliphatic carbocycles. The van der Waals surface area contributed by atoms with Gasteiger partial charge in [0.25, 0.3) is 0 Å². The number of oxazole rings is 1. The zero-order chi connectivity index (χ0) is 24.2. The molecule has 9 nitrogen and oxygen atoms in total. The summed E-state index contributed by atoms with van der Waals surface area (Å²) < 4.78 is 90.4. The van der Waals surface area contributed by atoms with Gasteiger partial charge >= 0.3 is 5.51 Å². The number of nitrogens with zero attached hydrogens (tertiary/aromatic N) is 4. The first-order valence-corrected chi connectivity index (χ1v) is 12.6. The normalized spacial score (nSPS) is 14.5. The van der Waals surface area contributed by atoms with Crippen LogP contribution >= 0.6 is 11.6 Å². The van der Waals surface area contributed by atoms with Crippen molar-refractivity contribution in [1.29, 1.82) is 4.78 Å². The van der Waals surface area contributed by atoms with Gasteiger partial charge in [0.1, 0.15) is 16.1 Å². The Morgan fingerprint density at radius 3 is 2.52 bits per heavy atom. The second-order valence-corrected chi connectivity index (χ2v) is 11.4. The lowest BCUT2D eigenvalue weighted by molar-refractivity contribution is -0.0406. The van der Waals surface area contributed by atoms with Crippen molar-refractivity contribution >= 4 is 42.3 Å².